The average molecular weight is 299 g/mol. The molecule has 1 aliphatic rings. The summed E-state index contributed by atoms with van der Waals surface area (Å²) in [6, 6.07) is 0. The maximum absolute atomic E-state index is 5.70. The third-order valence-corrected chi connectivity index (χ3v) is 17.3. The molecular weight excluding hydrogens is 299 g/mol. The molecule has 0 amide bonds. The smallest absolute Gasteiger partial charge is 0.0909 e. The number of hydrogen-bond acceptors (Lipinski definition) is 0. The number of alkyl halides is 4. The summed E-state index contributed by atoms with van der Waals surface area (Å²) in [4.78, 5) is 0. The molecular formula is C2Cl6P2. The zero-order valence-corrected chi connectivity index (χ0v) is 10.5. The zero-order valence-electron chi connectivity index (χ0n) is 4.16. The van der Waals surface area contributed by atoms with Gasteiger partial charge in [-0.25, -0.2) is 0 Å². The van der Waals surface area contributed by atoms with Crippen LogP contribution in [0.3, 0.4) is 0 Å². The van der Waals surface area contributed by atoms with Gasteiger partial charge in [0.2, 0.25) is 0 Å². The summed E-state index contributed by atoms with van der Waals surface area (Å²) < 4.78 is -2.50. The minimum atomic E-state index is -1.25. The van der Waals surface area contributed by atoms with Gasteiger partial charge < -0.3 is 0 Å². The molecule has 0 spiro atoms. The molecule has 0 N–H and O–H groups in total. The third-order valence-electron chi connectivity index (χ3n) is 0.980. The van der Waals surface area contributed by atoms with Crippen molar-refractivity contribution in [1.29, 1.82) is 0 Å². The lowest BCUT2D eigenvalue weighted by atomic mass is 10.9. The van der Waals surface area contributed by atoms with E-state index in [4.69, 9.17) is 68.9 Å². The van der Waals surface area contributed by atoms with E-state index >= 15 is 0 Å². The topological polar surface area (TPSA) is 0 Å². The highest BCUT2D eigenvalue weighted by atomic mass is 35.7. The van der Waals surface area contributed by atoms with Gasteiger partial charge in [-0.05, 0) is 0 Å². The third kappa shape index (κ3) is 1.28. The van der Waals surface area contributed by atoms with Crippen LogP contribution in [-0.2, 0) is 0 Å². The molecule has 2 atom stereocenters. The van der Waals surface area contributed by atoms with Crippen molar-refractivity contribution in [1.82, 2.24) is 0 Å². The van der Waals surface area contributed by atoms with Gasteiger partial charge in [0.05, 0.1) is 13.9 Å². The summed E-state index contributed by atoms with van der Waals surface area (Å²) in [7, 11) is 0. The fourth-order valence-electron chi connectivity index (χ4n) is 0.398. The number of rotatable bonds is 0. The van der Waals surface area contributed by atoms with Crippen LogP contribution < -0.4 is 0 Å². The molecule has 1 rings (SSSR count). The van der Waals surface area contributed by atoms with Crippen molar-refractivity contribution in [2.45, 2.75) is 8.15 Å². The van der Waals surface area contributed by atoms with E-state index in [1.807, 2.05) is 0 Å². The molecule has 0 aromatic heterocycles. The molecule has 1 fully saturated rings. The van der Waals surface area contributed by atoms with Gasteiger partial charge in [0.15, 0.2) is 8.15 Å². The van der Waals surface area contributed by atoms with Crippen LogP contribution in [0.25, 0.3) is 0 Å². The number of halogens is 6. The van der Waals surface area contributed by atoms with E-state index in [-0.39, 0.29) is 0 Å². The van der Waals surface area contributed by atoms with Crippen molar-refractivity contribution in [2.75, 3.05) is 0 Å². The summed E-state index contributed by atoms with van der Waals surface area (Å²) in [6.45, 7) is -2.28. The van der Waals surface area contributed by atoms with Crippen molar-refractivity contribution in [2.24, 2.45) is 0 Å². The maximum atomic E-state index is 5.70. The molecule has 0 aromatic rings. The summed E-state index contributed by atoms with van der Waals surface area (Å²) in [5.41, 5.74) is 0. The highest BCUT2D eigenvalue weighted by molar-refractivity contribution is 8.54. The quantitative estimate of drug-likeness (QED) is 0.412. The largest absolute Gasteiger partial charge is 0.193 e. The standard InChI is InChI=1S/C2Cl6P2/c3-1(4)2(5,6)10(8)9(1)7. The summed E-state index contributed by atoms with van der Waals surface area (Å²) in [6.07, 6.45) is 0. The van der Waals surface area contributed by atoms with Crippen LogP contribution in [0.4, 0.5) is 0 Å². The Morgan fingerprint density at radius 2 is 0.900 bits per heavy atom. The SMILES string of the molecule is ClP1P(Cl)C(Cl)(Cl)C1(Cl)Cl. The second-order valence-electron chi connectivity index (χ2n) is 1.60. The van der Waals surface area contributed by atoms with E-state index < -0.39 is 22.1 Å². The number of hydrogen-bond donors (Lipinski definition) is 0. The minimum Gasteiger partial charge on any atom is -0.0909 e. The van der Waals surface area contributed by atoms with Crippen LogP contribution in [0.1, 0.15) is 0 Å². The van der Waals surface area contributed by atoms with E-state index in [9.17, 15) is 0 Å². The predicted molar refractivity (Wildman–Crippen MR) is 54.4 cm³/mol. The molecule has 0 aromatic carbocycles. The van der Waals surface area contributed by atoms with Crippen molar-refractivity contribution in [3.05, 3.63) is 0 Å². The first-order chi connectivity index (χ1) is 4.32. The first kappa shape index (κ1) is 10.7. The molecule has 8 heteroatoms. The van der Waals surface area contributed by atoms with Crippen LogP contribution in [0.2, 0.25) is 0 Å². The Kier molecular flexibility index (Phi) is 3.28. The molecule has 1 aliphatic heterocycles. The Labute approximate surface area is 90.4 Å². The Balaban J connectivity index is 2.82. The van der Waals surface area contributed by atoms with Gasteiger partial charge in [0.1, 0.15) is 0 Å². The molecule has 1 saturated heterocycles. The second kappa shape index (κ2) is 3.07. The summed E-state index contributed by atoms with van der Waals surface area (Å²) >= 11 is 34.1. The fraction of sp³-hybridized carbons (Fsp3) is 1.00. The second-order valence-corrected chi connectivity index (χ2v) is 13.5. The minimum absolute atomic E-state index is 1.14. The molecule has 60 valence electrons. The van der Waals surface area contributed by atoms with Crippen LogP contribution >= 0.6 is 82.8 Å². The molecule has 1 heterocycles. The molecule has 0 aliphatic carbocycles. The zero-order chi connectivity index (χ0) is 8.15. The lowest BCUT2D eigenvalue weighted by molar-refractivity contribution is 1.10. The lowest BCUT2D eigenvalue weighted by Crippen LogP contribution is -2.38. The van der Waals surface area contributed by atoms with E-state index in [1.165, 1.54) is 0 Å². The van der Waals surface area contributed by atoms with Gasteiger partial charge >= 0.3 is 0 Å². The van der Waals surface area contributed by atoms with E-state index in [1.54, 1.807) is 0 Å². The first-order valence-electron chi connectivity index (χ1n) is 1.99. The lowest BCUT2D eigenvalue weighted by Gasteiger charge is -2.50. The normalized spacial score (nSPS) is 42.6. The molecule has 2 unspecified atom stereocenters. The van der Waals surface area contributed by atoms with Crippen LogP contribution in [-0.4, -0.2) is 8.15 Å². The van der Waals surface area contributed by atoms with E-state index in [2.05, 4.69) is 0 Å². The van der Waals surface area contributed by atoms with E-state index in [0.29, 0.717) is 0 Å². The monoisotopic (exact) mass is 296 g/mol. The molecule has 0 bridgehead atoms. The van der Waals surface area contributed by atoms with Gasteiger partial charge in [-0.3, -0.25) is 0 Å². The van der Waals surface area contributed by atoms with Crippen molar-refractivity contribution < 1.29 is 0 Å². The highest BCUT2D eigenvalue weighted by Crippen LogP contribution is 3.03. The molecule has 0 saturated carbocycles. The van der Waals surface area contributed by atoms with Crippen molar-refractivity contribution in [3.63, 3.8) is 0 Å². The maximum Gasteiger partial charge on any atom is 0.193 e. The van der Waals surface area contributed by atoms with E-state index in [0.717, 1.165) is 0 Å². The van der Waals surface area contributed by atoms with Crippen LogP contribution in [0.5, 0.6) is 0 Å². The first-order valence-corrected chi connectivity index (χ1v) is 8.70. The Morgan fingerprint density at radius 1 is 0.700 bits per heavy atom. The van der Waals surface area contributed by atoms with Gasteiger partial charge in [0.25, 0.3) is 0 Å². The molecule has 0 radical (unpaired) electrons. The highest BCUT2D eigenvalue weighted by Gasteiger charge is 2.70. The van der Waals surface area contributed by atoms with Crippen molar-refractivity contribution >= 4 is 82.8 Å². The summed E-state index contributed by atoms with van der Waals surface area (Å²) in [5, 5.41) is 0. The predicted octanol–water partition coefficient (Wildman–Crippen LogP) is 5.45. The van der Waals surface area contributed by atoms with Crippen molar-refractivity contribution in [3.8, 4) is 0 Å². The molecule has 0 nitrogen and oxygen atoms in total. The molecule has 10 heavy (non-hydrogen) atoms. The Hall–Kier alpha value is 2.60. The Morgan fingerprint density at radius 3 is 1.00 bits per heavy atom. The fourth-order valence-corrected chi connectivity index (χ4v) is 12.9. The van der Waals surface area contributed by atoms with Crippen LogP contribution in [0, 0.1) is 0 Å². The summed E-state index contributed by atoms with van der Waals surface area (Å²) in [5.74, 6) is 0. The van der Waals surface area contributed by atoms with Gasteiger partial charge in [0, 0.05) is 0 Å². The van der Waals surface area contributed by atoms with Gasteiger partial charge in [-0.15, -0.1) is 0 Å². The van der Waals surface area contributed by atoms with Gasteiger partial charge in [-0.2, -0.15) is 0 Å². The van der Waals surface area contributed by atoms with Gasteiger partial charge in [-0.1, -0.05) is 68.9 Å². The average Bonchev–Trinajstić information content (AvgIpc) is 1.84. The Bertz CT molecular complexity index is 138. The van der Waals surface area contributed by atoms with Crippen LogP contribution in [0.15, 0.2) is 0 Å².